The Balaban J connectivity index is 1.43. The number of likely N-dealkylation sites (tertiary alicyclic amines) is 1. The monoisotopic (exact) mass is 417 g/mol. The molecule has 4 nitrogen and oxygen atoms in total. The molecule has 0 aliphatic carbocycles. The van der Waals surface area contributed by atoms with Crippen molar-refractivity contribution >= 4 is 5.91 Å². The summed E-state index contributed by atoms with van der Waals surface area (Å²) < 4.78 is 13.8. The number of hydrogen-bond donors (Lipinski definition) is 1. The molecule has 160 valence electrons. The fraction of sp³-hybridized carbons (Fsp3) is 0.308. The van der Waals surface area contributed by atoms with Gasteiger partial charge in [-0.25, -0.2) is 4.39 Å². The van der Waals surface area contributed by atoms with Crippen molar-refractivity contribution in [2.75, 3.05) is 13.1 Å². The Kier molecular flexibility index (Phi) is 6.42. The average Bonchev–Trinajstić information content (AvgIpc) is 2.84. The van der Waals surface area contributed by atoms with Gasteiger partial charge in [0, 0.05) is 43.5 Å². The van der Waals surface area contributed by atoms with Crippen LogP contribution in [0.4, 0.5) is 4.39 Å². The molecule has 1 aliphatic rings. The third kappa shape index (κ3) is 4.67. The number of amides is 1. The molecule has 1 aromatic heterocycles. The first kappa shape index (κ1) is 21.2. The summed E-state index contributed by atoms with van der Waals surface area (Å²) in [5.74, 6) is 0.255. The summed E-state index contributed by atoms with van der Waals surface area (Å²) in [4.78, 5) is 19.4. The van der Waals surface area contributed by atoms with E-state index < -0.39 is 0 Å². The Hall–Kier alpha value is -3.05. The molecule has 0 radical (unpaired) electrons. The number of rotatable bonds is 5. The molecule has 1 aliphatic heterocycles. The SMILES string of the molecule is CC(c1ccccc1)c1cncc(C(=O)N2CCC(c3ccc(F)c(CN)c3)CC2)c1. The van der Waals surface area contributed by atoms with E-state index in [4.69, 9.17) is 5.73 Å². The first-order valence-corrected chi connectivity index (χ1v) is 10.8. The topological polar surface area (TPSA) is 59.2 Å². The van der Waals surface area contributed by atoms with Gasteiger partial charge in [-0.05, 0) is 47.6 Å². The van der Waals surface area contributed by atoms with Crippen molar-refractivity contribution in [3.05, 3.63) is 101 Å². The summed E-state index contributed by atoms with van der Waals surface area (Å²) in [6.07, 6.45) is 5.21. The highest BCUT2D eigenvalue weighted by atomic mass is 19.1. The summed E-state index contributed by atoms with van der Waals surface area (Å²) in [5, 5.41) is 0. The molecule has 0 bridgehead atoms. The first-order chi connectivity index (χ1) is 15.1. The molecule has 1 atom stereocenters. The number of carbonyl (C=O) groups excluding carboxylic acids is 1. The van der Waals surface area contributed by atoms with E-state index in [9.17, 15) is 9.18 Å². The molecule has 1 fully saturated rings. The Morgan fingerprint density at radius 1 is 1.10 bits per heavy atom. The van der Waals surface area contributed by atoms with Crippen LogP contribution in [0.25, 0.3) is 0 Å². The molecule has 2 aromatic carbocycles. The summed E-state index contributed by atoms with van der Waals surface area (Å²) in [5.41, 5.74) is 10.2. The largest absolute Gasteiger partial charge is 0.339 e. The first-order valence-electron chi connectivity index (χ1n) is 10.8. The number of nitrogens with two attached hydrogens (primary N) is 1. The van der Waals surface area contributed by atoms with Crippen LogP contribution < -0.4 is 5.73 Å². The van der Waals surface area contributed by atoms with Crippen LogP contribution in [0, 0.1) is 5.82 Å². The summed E-state index contributed by atoms with van der Waals surface area (Å²) >= 11 is 0. The third-order valence-corrected chi connectivity index (χ3v) is 6.35. The van der Waals surface area contributed by atoms with Gasteiger partial charge in [0.1, 0.15) is 5.82 Å². The molecule has 1 unspecified atom stereocenters. The minimum absolute atomic E-state index is 0.0230. The lowest BCUT2D eigenvalue weighted by molar-refractivity contribution is 0.0712. The van der Waals surface area contributed by atoms with Gasteiger partial charge in [0.25, 0.3) is 5.91 Å². The van der Waals surface area contributed by atoms with E-state index in [1.165, 1.54) is 11.6 Å². The predicted molar refractivity (Wildman–Crippen MR) is 120 cm³/mol. The Morgan fingerprint density at radius 3 is 2.55 bits per heavy atom. The number of pyridine rings is 1. The highest BCUT2D eigenvalue weighted by molar-refractivity contribution is 5.94. The van der Waals surface area contributed by atoms with Gasteiger partial charge in [-0.2, -0.15) is 0 Å². The van der Waals surface area contributed by atoms with E-state index in [0.717, 1.165) is 24.0 Å². The van der Waals surface area contributed by atoms with Crippen LogP contribution in [-0.2, 0) is 6.54 Å². The second-order valence-electron chi connectivity index (χ2n) is 8.26. The molecule has 2 heterocycles. The second-order valence-corrected chi connectivity index (χ2v) is 8.26. The van der Waals surface area contributed by atoms with Gasteiger partial charge in [0.05, 0.1) is 5.56 Å². The van der Waals surface area contributed by atoms with Crippen molar-refractivity contribution in [1.82, 2.24) is 9.88 Å². The molecule has 31 heavy (non-hydrogen) atoms. The van der Waals surface area contributed by atoms with E-state index in [2.05, 4.69) is 24.0 Å². The normalized spacial score (nSPS) is 15.6. The Labute approximate surface area is 182 Å². The summed E-state index contributed by atoms with van der Waals surface area (Å²) in [6.45, 7) is 3.68. The van der Waals surface area contributed by atoms with Crippen LogP contribution in [-0.4, -0.2) is 28.9 Å². The van der Waals surface area contributed by atoms with Gasteiger partial charge in [-0.15, -0.1) is 0 Å². The lowest BCUT2D eigenvalue weighted by Crippen LogP contribution is -2.38. The maximum Gasteiger partial charge on any atom is 0.255 e. The van der Waals surface area contributed by atoms with Gasteiger partial charge in [-0.1, -0.05) is 49.4 Å². The molecule has 2 N–H and O–H groups in total. The number of aromatic nitrogens is 1. The zero-order valence-corrected chi connectivity index (χ0v) is 17.8. The lowest BCUT2D eigenvalue weighted by atomic mass is 9.88. The fourth-order valence-electron chi connectivity index (χ4n) is 4.35. The van der Waals surface area contributed by atoms with E-state index in [1.807, 2.05) is 47.5 Å². The van der Waals surface area contributed by atoms with Crippen molar-refractivity contribution in [1.29, 1.82) is 0 Å². The standard InChI is InChI=1S/C26H28FN3O/c1-18(19-5-3-2-4-6-19)23-14-24(17-29-16-23)26(31)30-11-9-20(10-12-30)21-7-8-25(27)22(13-21)15-28/h2-8,13-14,16-18,20H,9-12,15,28H2,1H3. The molecule has 1 saturated heterocycles. The van der Waals surface area contributed by atoms with E-state index in [-0.39, 0.29) is 24.2 Å². The molecule has 0 spiro atoms. The van der Waals surface area contributed by atoms with Crippen molar-refractivity contribution in [3.63, 3.8) is 0 Å². The molecular formula is C26H28FN3O. The third-order valence-electron chi connectivity index (χ3n) is 6.35. The molecule has 5 heteroatoms. The van der Waals surface area contributed by atoms with Crippen molar-refractivity contribution in [3.8, 4) is 0 Å². The van der Waals surface area contributed by atoms with Gasteiger partial charge in [0.15, 0.2) is 0 Å². The van der Waals surface area contributed by atoms with E-state index in [0.29, 0.717) is 30.1 Å². The van der Waals surface area contributed by atoms with Crippen molar-refractivity contribution in [2.45, 2.75) is 38.1 Å². The van der Waals surface area contributed by atoms with Gasteiger partial charge >= 0.3 is 0 Å². The number of benzene rings is 2. The van der Waals surface area contributed by atoms with Crippen LogP contribution in [0.5, 0.6) is 0 Å². The van der Waals surface area contributed by atoms with E-state index in [1.54, 1.807) is 6.20 Å². The molecule has 3 aromatic rings. The van der Waals surface area contributed by atoms with Gasteiger partial charge < -0.3 is 10.6 Å². The zero-order valence-electron chi connectivity index (χ0n) is 17.8. The van der Waals surface area contributed by atoms with Crippen LogP contribution >= 0.6 is 0 Å². The maximum absolute atomic E-state index is 13.8. The number of carbonyl (C=O) groups is 1. The van der Waals surface area contributed by atoms with E-state index >= 15 is 0 Å². The number of piperidine rings is 1. The number of nitrogens with zero attached hydrogens (tertiary/aromatic N) is 2. The predicted octanol–water partition coefficient (Wildman–Crippen LogP) is 4.85. The fourth-order valence-corrected chi connectivity index (χ4v) is 4.35. The quantitative estimate of drug-likeness (QED) is 0.646. The highest BCUT2D eigenvalue weighted by Gasteiger charge is 2.25. The summed E-state index contributed by atoms with van der Waals surface area (Å²) in [7, 11) is 0. The summed E-state index contributed by atoms with van der Waals surface area (Å²) in [6, 6.07) is 17.4. The molecule has 1 amide bonds. The van der Waals surface area contributed by atoms with Gasteiger partial charge in [0.2, 0.25) is 0 Å². The minimum atomic E-state index is -0.254. The number of halogens is 1. The maximum atomic E-state index is 13.8. The van der Waals surface area contributed by atoms with Crippen LogP contribution in [0.3, 0.4) is 0 Å². The smallest absolute Gasteiger partial charge is 0.255 e. The van der Waals surface area contributed by atoms with Crippen LogP contribution in [0.2, 0.25) is 0 Å². The Bertz CT molecular complexity index is 1050. The van der Waals surface area contributed by atoms with Crippen LogP contribution in [0.1, 0.15) is 64.2 Å². The van der Waals surface area contributed by atoms with Crippen molar-refractivity contribution in [2.24, 2.45) is 5.73 Å². The van der Waals surface area contributed by atoms with Gasteiger partial charge in [-0.3, -0.25) is 9.78 Å². The average molecular weight is 418 g/mol. The zero-order chi connectivity index (χ0) is 21.8. The minimum Gasteiger partial charge on any atom is -0.339 e. The number of hydrogen-bond acceptors (Lipinski definition) is 3. The van der Waals surface area contributed by atoms with Crippen LogP contribution in [0.15, 0.2) is 67.0 Å². The molecule has 0 saturated carbocycles. The highest BCUT2D eigenvalue weighted by Crippen LogP contribution is 2.30. The molecular weight excluding hydrogens is 389 g/mol. The lowest BCUT2D eigenvalue weighted by Gasteiger charge is -2.32. The van der Waals surface area contributed by atoms with Crippen molar-refractivity contribution < 1.29 is 9.18 Å². The second kappa shape index (κ2) is 9.40. The molecule has 4 rings (SSSR count). The Morgan fingerprint density at radius 2 is 1.84 bits per heavy atom.